The number of piperidine rings is 1. The van der Waals surface area contributed by atoms with Gasteiger partial charge in [-0.15, -0.1) is 12.4 Å². The van der Waals surface area contributed by atoms with Crippen LogP contribution in [0.5, 0.6) is 0 Å². The van der Waals surface area contributed by atoms with Crippen LogP contribution in [-0.2, 0) is 11.8 Å². The van der Waals surface area contributed by atoms with E-state index < -0.39 is 17.2 Å². The summed E-state index contributed by atoms with van der Waals surface area (Å²) in [4.78, 5) is 13.0. The van der Waals surface area contributed by atoms with E-state index >= 15 is 0 Å². The molecule has 0 bridgehead atoms. The highest BCUT2D eigenvalue weighted by atomic mass is 35.5. The molecule has 2 atom stereocenters. The van der Waals surface area contributed by atoms with Crippen LogP contribution in [-0.4, -0.2) is 57.7 Å². The van der Waals surface area contributed by atoms with Crippen molar-refractivity contribution in [3.63, 3.8) is 0 Å². The van der Waals surface area contributed by atoms with Gasteiger partial charge in [0.25, 0.3) is 5.91 Å². The molecule has 2 aliphatic rings. The summed E-state index contributed by atoms with van der Waals surface area (Å²) in [6, 6.07) is 7.66. The highest BCUT2D eigenvalue weighted by Gasteiger charge is 2.53. The lowest BCUT2D eigenvalue weighted by molar-refractivity contribution is -0.197. The van der Waals surface area contributed by atoms with Gasteiger partial charge in [-0.25, -0.2) is 0 Å². The summed E-state index contributed by atoms with van der Waals surface area (Å²) < 4.78 is 7.72. The van der Waals surface area contributed by atoms with E-state index in [0.29, 0.717) is 18.7 Å². The van der Waals surface area contributed by atoms with Crippen LogP contribution in [0.15, 0.2) is 24.3 Å². The van der Waals surface area contributed by atoms with Crippen LogP contribution in [0.1, 0.15) is 36.7 Å². The molecule has 0 radical (unpaired) electrons. The first kappa shape index (κ1) is 20.1. The number of para-hydroxylation sites is 1. The maximum absolute atomic E-state index is 13.0. The van der Waals surface area contributed by atoms with Gasteiger partial charge in [0, 0.05) is 19.0 Å². The second-order valence-corrected chi connectivity index (χ2v) is 7.68. The predicted molar refractivity (Wildman–Crippen MR) is 105 cm³/mol. The Kier molecular flexibility index (Phi) is 5.49. The summed E-state index contributed by atoms with van der Waals surface area (Å²) in [6.07, 6.45) is 1.29. The molecule has 2 saturated heterocycles. The van der Waals surface area contributed by atoms with Crippen LogP contribution in [0.4, 0.5) is 0 Å². The van der Waals surface area contributed by atoms with Gasteiger partial charge in [0.15, 0.2) is 5.69 Å². The smallest absolute Gasteiger partial charge is 0.272 e. The zero-order valence-electron chi connectivity index (χ0n) is 15.7. The summed E-state index contributed by atoms with van der Waals surface area (Å²) in [5.41, 5.74) is -0.0317. The number of aliphatic hydroxyl groups excluding tert-OH is 1. The molecule has 2 aliphatic heterocycles. The van der Waals surface area contributed by atoms with Crippen molar-refractivity contribution < 1.29 is 14.6 Å². The Bertz CT molecular complexity index is 828. The van der Waals surface area contributed by atoms with E-state index in [9.17, 15) is 9.90 Å². The fraction of sp³-hybridized carbons (Fsp3) is 0.579. The molecule has 3 heterocycles. The minimum Gasteiger partial charge on any atom is -0.388 e. The van der Waals surface area contributed by atoms with Crippen molar-refractivity contribution in [1.82, 2.24) is 20.4 Å². The Morgan fingerprint density at radius 2 is 2.04 bits per heavy atom. The van der Waals surface area contributed by atoms with Crippen molar-refractivity contribution >= 4 is 29.2 Å². The average Bonchev–Trinajstić information content (AvgIpc) is 2.98. The number of carbonyl (C=O) groups excluding carboxylic acids is 1. The van der Waals surface area contributed by atoms with E-state index in [1.165, 1.54) is 0 Å². The van der Waals surface area contributed by atoms with E-state index in [4.69, 9.17) is 4.74 Å². The van der Waals surface area contributed by atoms with Gasteiger partial charge in [0.05, 0.1) is 16.7 Å². The normalized spacial score (nSPS) is 27.3. The molecule has 1 amide bonds. The zero-order chi connectivity index (χ0) is 18.4. The first-order valence-corrected chi connectivity index (χ1v) is 9.22. The summed E-state index contributed by atoms with van der Waals surface area (Å²) in [5, 5.41) is 22.7. The fourth-order valence-corrected chi connectivity index (χ4v) is 4.36. The van der Waals surface area contributed by atoms with Gasteiger partial charge in [-0.1, -0.05) is 18.2 Å². The van der Waals surface area contributed by atoms with E-state index in [1.54, 1.807) is 4.68 Å². The molecule has 1 aromatic carbocycles. The summed E-state index contributed by atoms with van der Waals surface area (Å²) >= 11 is 0. The molecule has 0 unspecified atom stereocenters. The SMILES string of the molecule is Cl.Cn1nc(C(=O)N[C@]2(C)CCOC3(CCNCC3)[C@H]2O)c2ccccc21. The number of aliphatic hydroxyl groups is 1. The van der Waals surface area contributed by atoms with E-state index in [0.717, 1.165) is 36.8 Å². The van der Waals surface area contributed by atoms with Gasteiger partial charge >= 0.3 is 0 Å². The van der Waals surface area contributed by atoms with Crippen LogP contribution in [0.25, 0.3) is 10.9 Å². The number of benzene rings is 1. The van der Waals surface area contributed by atoms with Gasteiger partial charge in [0.1, 0.15) is 6.10 Å². The molecule has 3 N–H and O–H groups in total. The number of nitrogens with one attached hydrogen (secondary N) is 2. The molecule has 1 aromatic heterocycles. The molecule has 8 heteroatoms. The second kappa shape index (κ2) is 7.39. The van der Waals surface area contributed by atoms with Crippen LogP contribution >= 0.6 is 12.4 Å². The zero-order valence-corrected chi connectivity index (χ0v) is 16.5. The largest absolute Gasteiger partial charge is 0.388 e. The van der Waals surface area contributed by atoms with Crippen molar-refractivity contribution in [1.29, 1.82) is 0 Å². The van der Waals surface area contributed by atoms with Crippen LogP contribution < -0.4 is 10.6 Å². The van der Waals surface area contributed by atoms with Gasteiger partial charge in [-0.05, 0) is 45.3 Å². The van der Waals surface area contributed by atoms with Crippen molar-refractivity contribution in [3.8, 4) is 0 Å². The monoisotopic (exact) mass is 394 g/mol. The van der Waals surface area contributed by atoms with Gasteiger partial charge in [-0.2, -0.15) is 5.10 Å². The molecular weight excluding hydrogens is 368 g/mol. The lowest BCUT2D eigenvalue weighted by Crippen LogP contribution is -2.69. The van der Waals surface area contributed by atoms with Gasteiger partial charge in [-0.3, -0.25) is 9.48 Å². The van der Waals surface area contributed by atoms with Crippen LogP contribution in [0.2, 0.25) is 0 Å². The number of aryl methyl sites for hydroxylation is 1. The minimum atomic E-state index is -0.759. The number of ether oxygens (including phenoxy) is 1. The highest BCUT2D eigenvalue weighted by molar-refractivity contribution is 6.05. The van der Waals surface area contributed by atoms with Gasteiger partial charge in [0.2, 0.25) is 0 Å². The number of hydrogen-bond donors (Lipinski definition) is 3. The summed E-state index contributed by atoms with van der Waals surface area (Å²) in [5.74, 6) is -0.255. The molecule has 0 saturated carbocycles. The molecular formula is C19H27ClN4O3. The number of amides is 1. The van der Waals surface area contributed by atoms with E-state index in [2.05, 4.69) is 15.7 Å². The first-order valence-electron chi connectivity index (χ1n) is 9.22. The molecule has 2 aromatic rings. The number of fused-ring (bicyclic) bond motifs is 1. The van der Waals surface area contributed by atoms with Gasteiger partial charge < -0.3 is 20.5 Å². The molecule has 7 nitrogen and oxygen atoms in total. The average molecular weight is 395 g/mol. The Hall–Kier alpha value is -1.67. The number of rotatable bonds is 2. The second-order valence-electron chi connectivity index (χ2n) is 7.68. The molecule has 1 spiro atoms. The lowest BCUT2D eigenvalue weighted by atomic mass is 9.73. The number of nitrogens with zero attached hydrogens (tertiary/aromatic N) is 2. The standard InChI is InChI=1S/C19H26N4O3.ClH/c1-18(9-12-26-19(17(18)25)7-10-20-11-8-19)21-16(24)15-13-5-3-4-6-14(13)23(2)22-15;/h3-6,17,20,25H,7-12H2,1-2H3,(H,21,24);1H/t17-,18+;/m0./s1. The summed E-state index contributed by atoms with van der Waals surface area (Å²) in [7, 11) is 1.83. The molecule has 2 fully saturated rings. The quantitative estimate of drug-likeness (QED) is 0.716. The predicted octanol–water partition coefficient (Wildman–Crippen LogP) is 1.39. The third kappa shape index (κ3) is 3.33. The number of aromatic nitrogens is 2. The molecule has 0 aliphatic carbocycles. The lowest BCUT2D eigenvalue weighted by Gasteiger charge is -2.52. The molecule has 148 valence electrons. The maximum Gasteiger partial charge on any atom is 0.272 e. The van der Waals surface area contributed by atoms with Crippen molar-refractivity contribution in [2.24, 2.45) is 7.05 Å². The van der Waals surface area contributed by atoms with E-state index in [1.807, 2.05) is 38.2 Å². The summed E-state index contributed by atoms with van der Waals surface area (Å²) in [6.45, 7) is 4.06. The number of carbonyl (C=O) groups is 1. The Labute approximate surface area is 164 Å². The Morgan fingerprint density at radius 1 is 1.33 bits per heavy atom. The molecule has 27 heavy (non-hydrogen) atoms. The molecule has 4 rings (SSSR count). The Morgan fingerprint density at radius 3 is 2.78 bits per heavy atom. The van der Waals surface area contributed by atoms with Crippen molar-refractivity contribution in [3.05, 3.63) is 30.0 Å². The van der Waals surface area contributed by atoms with E-state index in [-0.39, 0.29) is 18.3 Å². The van der Waals surface area contributed by atoms with Crippen LogP contribution in [0.3, 0.4) is 0 Å². The number of hydrogen-bond acceptors (Lipinski definition) is 5. The van der Waals surface area contributed by atoms with Crippen LogP contribution in [0, 0.1) is 0 Å². The fourth-order valence-electron chi connectivity index (χ4n) is 4.36. The Balaban J connectivity index is 0.00000210. The topological polar surface area (TPSA) is 88.4 Å². The minimum absolute atomic E-state index is 0. The number of halogens is 1. The van der Waals surface area contributed by atoms with Crippen molar-refractivity contribution in [2.75, 3.05) is 19.7 Å². The third-order valence-corrected chi connectivity index (χ3v) is 5.93. The first-order chi connectivity index (χ1) is 12.5. The third-order valence-electron chi connectivity index (χ3n) is 5.93. The maximum atomic E-state index is 13.0. The highest BCUT2D eigenvalue weighted by Crippen LogP contribution is 2.38. The van der Waals surface area contributed by atoms with Crippen molar-refractivity contribution in [2.45, 2.75) is 43.4 Å².